The number of nitrogens with one attached hydrogen (secondary N) is 1. The predicted molar refractivity (Wildman–Crippen MR) is 75.1 cm³/mol. The molecule has 108 valence electrons. The smallest absolute Gasteiger partial charge is 0.341 e. The van der Waals surface area contributed by atoms with Gasteiger partial charge in [-0.2, -0.15) is 0 Å². The van der Waals surface area contributed by atoms with E-state index in [2.05, 4.69) is 33.0 Å². The zero-order chi connectivity index (χ0) is 14.6. The minimum atomic E-state index is -0.352. The lowest BCUT2D eigenvalue weighted by Gasteiger charge is -2.29. The number of carbonyl (C=O) groups is 1. The summed E-state index contributed by atoms with van der Waals surface area (Å²) < 4.78 is 10.3. The van der Waals surface area contributed by atoms with Gasteiger partial charge in [0.15, 0.2) is 0 Å². The van der Waals surface area contributed by atoms with Crippen LogP contribution in [0.15, 0.2) is 10.5 Å². The Bertz CT molecular complexity index is 433. The SMILES string of the molecule is COC(=O)c1cc(CNCC(C)(C)C(C)C)oc1C. The van der Waals surface area contributed by atoms with Crippen molar-refractivity contribution in [3.63, 3.8) is 0 Å². The number of hydrogen-bond donors (Lipinski definition) is 1. The molecule has 0 unspecified atom stereocenters. The Balaban J connectivity index is 2.58. The van der Waals surface area contributed by atoms with Crippen molar-refractivity contribution in [1.82, 2.24) is 5.32 Å². The fourth-order valence-corrected chi connectivity index (χ4v) is 1.66. The number of rotatable bonds is 6. The lowest BCUT2D eigenvalue weighted by Crippen LogP contribution is -2.33. The lowest BCUT2D eigenvalue weighted by atomic mass is 9.81. The molecule has 0 aliphatic rings. The maximum atomic E-state index is 11.5. The molecule has 1 aromatic rings. The predicted octanol–water partition coefficient (Wildman–Crippen LogP) is 3.15. The minimum absolute atomic E-state index is 0.229. The first-order chi connectivity index (χ1) is 8.77. The molecule has 4 nitrogen and oxygen atoms in total. The molecule has 1 heterocycles. The molecule has 0 aliphatic carbocycles. The molecule has 0 fully saturated rings. The summed E-state index contributed by atoms with van der Waals surface area (Å²) in [6.45, 7) is 12.2. The van der Waals surface area contributed by atoms with Gasteiger partial charge in [-0.3, -0.25) is 0 Å². The third-order valence-corrected chi connectivity index (χ3v) is 3.82. The summed E-state index contributed by atoms with van der Waals surface area (Å²) in [6, 6.07) is 1.75. The average Bonchev–Trinajstić information content (AvgIpc) is 2.69. The van der Waals surface area contributed by atoms with Crippen LogP contribution in [0.5, 0.6) is 0 Å². The summed E-state index contributed by atoms with van der Waals surface area (Å²) in [6.07, 6.45) is 0. The third-order valence-electron chi connectivity index (χ3n) is 3.82. The molecular formula is C15H25NO3. The van der Waals surface area contributed by atoms with Crippen LogP contribution in [0.25, 0.3) is 0 Å². The Morgan fingerprint density at radius 3 is 2.63 bits per heavy atom. The molecule has 0 aliphatic heterocycles. The van der Waals surface area contributed by atoms with Gasteiger partial charge in [-0.05, 0) is 24.3 Å². The largest absolute Gasteiger partial charge is 0.465 e. The van der Waals surface area contributed by atoms with Crippen LogP contribution in [0, 0.1) is 18.3 Å². The second kappa shape index (κ2) is 6.24. The fourth-order valence-electron chi connectivity index (χ4n) is 1.66. The van der Waals surface area contributed by atoms with Crippen LogP contribution < -0.4 is 5.32 Å². The van der Waals surface area contributed by atoms with Crippen molar-refractivity contribution in [1.29, 1.82) is 0 Å². The monoisotopic (exact) mass is 267 g/mol. The second-order valence-corrected chi connectivity index (χ2v) is 5.92. The van der Waals surface area contributed by atoms with Crippen LogP contribution in [-0.4, -0.2) is 19.6 Å². The van der Waals surface area contributed by atoms with Crippen molar-refractivity contribution in [2.45, 2.75) is 41.2 Å². The van der Waals surface area contributed by atoms with E-state index in [1.54, 1.807) is 13.0 Å². The number of ether oxygens (including phenoxy) is 1. The van der Waals surface area contributed by atoms with Crippen LogP contribution in [0.1, 0.15) is 49.6 Å². The number of hydrogen-bond acceptors (Lipinski definition) is 4. The molecule has 1 N–H and O–H groups in total. The topological polar surface area (TPSA) is 51.5 Å². The average molecular weight is 267 g/mol. The van der Waals surface area contributed by atoms with E-state index in [1.165, 1.54) is 7.11 Å². The van der Waals surface area contributed by atoms with Crippen molar-refractivity contribution in [2.75, 3.05) is 13.7 Å². The quantitative estimate of drug-likeness (QED) is 0.804. The van der Waals surface area contributed by atoms with E-state index in [9.17, 15) is 4.79 Å². The van der Waals surface area contributed by atoms with E-state index in [1.807, 2.05) is 0 Å². The maximum absolute atomic E-state index is 11.5. The third kappa shape index (κ3) is 4.10. The Hall–Kier alpha value is -1.29. The van der Waals surface area contributed by atoms with Gasteiger partial charge in [0.1, 0.15) is 17.1 Å². The summed E-state index contributed by atoms with van der Waals surface area (Å²) in [4.78, 5) is 11.5. The van der Waals surface area contributed by atoms with E-state index >= 15 is 0 Å². The molecule has 0 spiro atoms. The van der Waals surface area contributed by atoms with E-state index in [0.717, 1.165) is 12.3 Å². The van der Waals surface area contributed by atoms with Crippen LogP contribution >= 0.6 is 0 Å². The highest BCUT2D eigenvalue weighted by Gasteiger charge is 2.22. The number of methoxy groups -OCH3 is 1. The molecule has 0 aromatic carbocycles. The van der Waals surface area contributed by atoms with Gasteiger partial charge in [0.2, 0.25) is 0 Å². The van der Waals surface area contributed by atoms with Crippen LogP contribution in [0.3, 0.4) is 0 Å². The van der Waals surface area contributed by atoms with Gasteiger partial charge < -0.3 is 14.5 Å². The van der Waals surface area contributed by atoms with Gasteiger partial charge >= 0.3 is 5.97 Å². The first-order valence-corrected chi connectivity index (χ1v) is 6.66. The molecule has 0 saturated carbocycles. The highest BCUT2D eigenvalue weighted by molar-refractivity contribution is 5.90. The number of aryl methyl sites for hydroxylation is 1. The lowest BCUT2D eigenvalue weighted by molar-refractivity contribution is 0.0599. The molecular weight excluding hydrogens is 242 g/mol. The summed E-state index contributed by atoms with van der Waals surface area (Å²) in [5, 5.41) is 3.37. The highest BCUT2D eigenvalue weighted by atomic mass is 16.5. The number of esters is 1. The molecule has 0 amide bonds. The van der Waals surface area contributed by atoms with Gasteiger partial charge in [0.05, 0.1) is 13.7 Å². The molecule has 0 bridgehead atoms. The normalized spacial score (nSPS) is 11.9. The molecule has 1 aromatic heterocycles. The van der Waals surface area contributed by atoms with Gasteiger partial charge in [-0.1, -0.05) is 27.7 Å². The molecule has 0 saturated heterocycles. The van der Waals surface area contributed by atoms with E-state index in [4.69, 9.17) is 9.15 Å². The summed E-state index contributed by atoms with van der Waals surface area (Å²) in [5.74, 6) is 1.61. The minimum Gasteiger partial charge on any atom is -0.465 e. The molecule has 4 heteroatoms. The van der Waals surface area contributed by atoms with Crippen LogP contribution in [0.4, 0.5) is 0 Å². The van der Waals surface area contributed by atoms with Crippen LogP contribution in [-0.2, 0) is 11.3 Å². The molecule has 0 radical (unpaired) electrons. The summed E-state index contributed by atoms with van der Waals surface area (Å²) >= 11 is 0. The first-order valence-electron chi connectivity index (χ1n) is 6.66. The van der Waals surface area contributed by atoms with Gasteiger partial charge in [-0.15, -0.1) is 0 Å². The zero-order valence-corrected chi connectivity index (χ0v) is 12.8. The first kappa shape index (κ1) is 15.8. The Labute approximate surface area is 115 Å². The van der Waals surface area contributed by atoms with Gasteiger partial charge in [-0.25, -0.2) is 4.79 Å². The second-order valence-electron chi connectivity index (χ2n) is 5.92. The van der Waals surface area contributed by atoms with Gasteiger partial charge in [0.25, 0.3) is 0 Å². The molecule has 19 heavy (non-hydrogen) atoms. The standard InChI is InChI=1S/C15H25NO3/c1-10(2)15(4,5)9-16-8-12-7-13(11(3)19-12)14(17)18-6/h7,10,16H,8-9H2,1-6H3. The van der Waals surface area contributed by atoms with E-state index in [-0.39, 0.29) is 11.4 Å². The maximum Gasteiger partial charge on any atom is 0.341 e. The van der Waals surface area contributed by atoms with E-state index in [0.29, 0.717) is 23.8 Å². The van der Waals surface area contributed by atoms with Crippen molar-refractivity contribution < 1.29 is 13.9 Å². The molecule has 0 atom stereocenters. The highest BCUT2D eigenvalue weighted by Crippen LogP contribution is 2.25. The van der Waals surface area contributed by atoms with Crippen molar-refractivity contribution in [3.05, 3.63) is 23.2 Å². The Kier molecular flexibility index (Phi) is 5.18. The van der Waals surface area contributed by atoms with E-state index < -0.39 is 0 Å². The zero-order valence-electron chi connectivity index (χ0n) is 12.8. The summed E-state index contributed by atoms with van der Waals surface area (Å²) in [5.41, 5.74) is 0.731. The number of carbonyl (C=O) groups excluding carboxylic acids is 1. The summed E-state index contributed by atoms with van der Waals surface area (Å²) in [7, 11) is 1.37. The Morgan fingerprint density at radius 1 is 1.47 bits per heavy atom. The van der Waals surface area contributed by atoms with Crippen molar-refractivity contribution >= 4 is 5.97 Å². The van der Waals surface area contributed by atoms with Crippen molar-refractivity contribution in [2.24, 2.45) is 11.3 Å². The molecule has 1 rings (SSSR count). The fraction of sp³-hybridized carbons (Fsp3) is 0.667. The van der Waals surface area contributed by atoms with Crippen molar-refractivity contribution in [3.8, 4) is 0 Å². The number of furan rings is 1. The van der Waals surface area contributed by atoms with Crippen LogP contribution in [0.2, 0.25) is 0 Å². The van der Waals surface area contributed by atoms with Gasteiger partial charge in [0, 0.05) is 6.54 Å². The Morgan fingerprint density at radius 2 is 2.11 bits per heavy atom.